The van der Waals surface area contributed by atoms with E-state index in [2.05, 4.69) is 0 Å². The van der Waals surface area contributed by atoms with Crippen molar-refractivity contribution in [3.05, 3.63) is 0 Å². The Hall–Kier alpha value is -0.640. The van der Waals surface area contributed by atoms with E-state index in [0.717, 1.165) is 0 Å². The molecule has 0 unspecified atom stereocenters. The second-order valence-electron chi connectivity index (χ2n) is 3.39. The fraction of sp³-hybridized carbons (Fsp3) is 0.889. The summed E-state index contributed by atoms with van der Waals surface area (Å²) in [5.41, 5.74) is 0. The molecule has 0 saturated heterocycles. The highest BCUT2D eigenvalue weighted by Gasteiger charge is 2.29. The lowest BCUT2D eigenvalue weighted by atomic mass is 10.4. The van der Waals surface area contributed by atoms with Crippen molar-refractivity contribution in [1.29, 1.82) is 5.26 Å². The van der Waals surface area contributed by atoms with E-state index in [-0.39, 0.29) is 12.6 Å². The van der Waals surface area contributed by atoms with Gasteiger partial charge in [0.25, 0.3) is 10.2 Å². The quantitative estimate of drug-likeness (QED) is 0.638. The molecule has 88 valence electrons. The summed E-state index contributed by atoms with van der Waals surface area (Å²) in [5, 5.41) is 8.60. The Balaban J connectivity index is 5.04. The molecule has 0 amide bonds. The van der Waals surface area contributed by atoms with Gasteiger partial charge in [-0.25, -0.2) is 0 Å². The van der Waals surface area contributed by atoms with Crippen molar-refractivity contribution < 1.29 is 8.42 Å². The Morgan fingerprint density at radius 3 is 2.00 bits per heavy atom. The van der Waals surface area contributed by atoms with Crippen LogP contribution in [0.15, 0.2) is 0 Å². The van der Waals surface area contributed by atoms with Crippen LogP contribution in [0.4, 0.5) is 0 Å². The van der Waals surface area contributed by atoms with Crippen molar-refractivity contribution in [2.75, 3.05) is 19.6 Å². The zero-order valence-corrected chi connectivity index (χ0v) is 10.6. The van der Waals surface area contributed by atoms with Crippen molar-refractivity contribution in [1.82, 2.24) is 8.61 Å². The third kappa shape index (κ3) is 3.45. The topological polar surface area (TPSA) is 64.4 Å². The molecule has 0 aromatic heterocycles. The Labute approximate surface area is 92.5 Å². The molecule has 0 rings (SSSR count). The van der Waals surface area contributed by atoms with E-state index < -0.39 is 10.2 Å². The van der Waals surface area contributed by atoms with Gasteiger partial charge in [0.2, 0.25) is 0 Å². The molecule has 0 aliphatic heterocycles. The van der Waals surface area contributed by atoms with E-state index >= 15 is 0 Å². The number of rotatable bonds is 6. The van der Waals surface area contributed by atoms with Gasteiger partial charge in [-0.15, -0.1) is 0 Å². The lowest BCUT2D eigenvalue weighted by Crippen LogP contribution is -2.46. The lowest BCUT2D eigenvalue weighted by Gasteiger charge is -2.29. The molecule has 0 radical (unpaired) electrons. The van der Waals surface area contributed by atoms with Crippen LogP contribution >= 0.6 is 0 Å². The van der Waals surface area contributed by atoms with E-state index in [9.17, 15) is 8.42 Å². The summed E-state index contributed by atoms with van der Waals surface area (Å²) in [5.74, 6) is 0. The highest BCUT2D eigenvalue weighted by Crippen LogP contribution is 2.11. The normalized spacial score (nSPS) is 12.4. The Bertz CT molecular complexity index is 315. The van der Waals surface area contributed by atoms with Crippen LogP contribution in [0.1, 0.15) is 27.7 Å². The molecule has 0 aliphatic rings. The molecule has 6 heteroatoms. The molecule has 5 nitrogen and oxygen atoms in total. The predicted octanol–water partition coefficient (Wildman–Crippen LogP) is 0.807. The fourth-order valence-electron chi connectivity index (χ4n) is 1.30. The smallest absolute Gasteiger partial charge is 0.197 e. The standard InChI is InChI=1S/C9H19N3O2S/c1-5-11(6-2)15(13,14)12(8-7-10)9(3)4/h9H,5-6,8H2,1-4H3. The molecule has 0 fully saturated rings. The molecular formula is C9H19N3O2S. The summed E-state index contributed by atoms with van der Waals surface area (Å²) < 4.78 is 26.6. The second-order valence-corrected chi connectivity index (χ2v) is 5.27. The SMILES string of the molecule is CCN(CC)S(=O)(=O)N(CC#N)C(C)C. The van der Waals surface area contributed by atoms with E-state index in [1.165, 1.54) is 8.61 Å². The van der Waals surface area contributed by atoms with E-state index in [4.69, 9.17) is 5.26 Å². The zero-order chi connectivity index (χ0) is 12.1. The molecule has 0 bridgehead atoms. The maximum atomic E-state index is 12.0. The van der Waals surface area contributed by atoms with Crippen molar-refractivity contribution >= 4 is 10.2 Å². The highest BCUT2D eigenvalue weighted by molar-refractivity contribution is 7.86. The minimum absolute atomic E-state index is 0.101. The molecule has 15 heavy (non-hydrogen) atoms. The molecule has 0 saturated carbocycles. The number of nitrogens with zero attached hydrogens (tertiary/aromatic N) is 3. The first kappa shape index (κ1) is 14.4. The average Bonchev–Trinajstić information content (AvgIpc) is 2.14. The van der Waals surface area contributed by atoms with Crippen LogP contribution in [0.25, 0.3) is 0 Å². The lowest BCUT2D eigenvalue weighted by molar-refractivity contribution is 0.332. The van der Waals surface area contributed by atoms with Crippen molar-refractivity contribution in [3.8, 4) is 6.07 Å². The Morgan fingerprint density at radius 1 is 1.27 bits per heavy atom. The summed E-state index contributed by atoms with van der Waals surface area (Å²) >= 11 is 0. The van der Waals surface area contributed by atoms with Gasteiger partial charge in [-0.2, -0.15) is 22.3 Å². The molecule has 0 N–H and O–H groups in total. The molecule has 0 heterocycles. The van der Waals surface area contributed by atoms with Gasteiger partial charge in [-0.3, -0.25) is 0 Å². The number of hydrogen-bond donors (Lipinski definition) is 0. The maximum Gasteiger partial charge on any atom is 0.283 e. The highest BCUT2D eigenvalue weighted by atomic mass is 32.2. The maximum absolute atomic E-state index is 12.0. The van der Waals surface area contributed by atoms with Gasteiger partial charge in [0, 0.05) is 19.1 Å². The van der Waals surface area contributed by atoms with E-state index in [0.29, 0.717) is 13.1 Å². The first-order chi connectivity index (χ1) is 6.91. The summed E-state index contributed by atoms with van der Waals surface area (Å²) in [7, 11) is -3.48. The van der Waals surface area contributed by atoms with Gasteiger partial charge in [0.15, 0.2) is 0 Å². The van der Waals surface area contributed by atoms with E-state index in [1.807, 2.05) is 6.07 Å². The Kier molecular flexibility index (Phi) is 5.80. The molecule has 0 aromatic carbocycles. The summed E-state index contributed by atoms with van der Waals surface area (Å²) in [6, 6.07) is 1.68. The van der Waals surface area contributed by atoms with Crippen molar-refractivity contribution in [2.45, 2.75) is 33.7 Å². The van der Waals surface area contributed by atoms with Gasteiger partial charge in [0.05, 0.1) is 6.07 Å². The number of nitriles is 1. The van der Waals surface area contributed by atoms with Crippen LogP contribution in [-0.2, 0) is 10.2 Å². The molecule has 0 aromatic rings. The van der Waals surface area contributed by atoms with Gasteiger partial charge < -0.3 is 0 Å². The predicted molar refractivity (Wildman–Crippen MR) is 59.3 cm³/mol. The van der Waals surface area contributed by atoms with Crippen LogP contribution in [0.3, 0.4) is 0 Å². The Morgan fingerprint density at radius 2 is 1.73 bits per heavy atom. The van der Waals surface area contributed by atoms with Gasteiger partial charge >= 0.3 is 0 Å². The van der Waals surface area contributed by atoms with Crippen molar-refractivity contribution in [2.24, 2.45) is 0 Å². The molecular weight excluding hydrogens is 214 g/mol. The fourth-order valence-corrected chi connectivity index (χ4v) is 3.00. The summed E-state index contributed by atoms with van der Waals surface area (Å²) in [6.07, 6.45) is 0. The minimum Gasteiger partial charge on any atom is -0.197 e. The third-order valence-electron chi connectivity index (χ3n) is 2.13. The van der Waals surface area contributed by atoms with Crippen LogP contribution in [-0.4, -0.2) is 42.7 Å². The summed E-state index contributed by atoms with van der Waals surface area (Å²) in [6.45, 7) is 7.84. The zero-order valence-electron chi connectivity index (χ0n) is 9.77. The van der Waals surface area contributed by atoms with E-state index in [1.54, 1.807) is 27.7 Å². The minimum atomic E-state index is -3.48. The van der Waals surface area contributed by atoms with Crippen molar-refractivity contribution in [3.63, 3.8) is 0 Å². The summed E-state index contributed by atoms with van der Waals surface area (Å²) in [4.78, 5) is 0. The van der Waals surface area contributed by atoms with Crippen LogP contribution in [0.5, 0.6) is 0 Å². The first-order valence-electron chi connectivity index (χ1n) is 5.05. The van der Waals surface area contributed by atoms with Crippen LogP contribution in [0, 0.1) is 11.3 Å². The third-order valence-corrected chi connectivity index (χ3v) is 4.44. The molecule has 0 spiro atoms. The average molecular weight is 233 g/mol. The largest absolute Gasteiger partial charge is 0.283 e. The van der Waals surface area contributed by atoms with Crippen LogP contribution < -0.4 is 0 Å². The van der Waals surface area contributed by atoms with Gasteiger partial charge in [-0.1, -0.05) is 13.8 Å². The van der Waals surface area contributed by atoms with Gasteiger partial charge in [0.1, 0.15) is 6.54 Å². The monoisotopic (exact) mass is 233 g/mol. The second kappa shape index (κ2) is 6.05. The first-order valence-corrected chi connectivity index (χ1v) is 6.45. The van der Waals surface area contributed by atoms with Crippen LogP contribution in [0.2, 0.25) is 0 Å². The van der Waals surface area contributed by atoms with Gasteiger partial charge in [-0.05, 0) is 13.8 Å². The molecule has 0 atom stereocenters. The number of hydrogen-bond acceptors (Lipinski definition) is 3. The molecule has 0 aliphatic carbocycles.